The summed E-state index contributed by atoms with van der Waals surface area (Å²) in [6.07, 6.45) is 1.99. The number of carbonyl (C=O) groups is 1. The Bertz CT molecular complexity index is 411. The van der Waals surface area contributed by atoms with Gasteiger partial charge in [-0.2, -0.15) is 0 Å². The Kier molecular flexibility index (Phi) is 4.16. The summed E-state index contributed by atoms with van der Waals surface area (Å²) in [4.78, 5) is 12.1. The molecule has 0 heterocycles. The lowest BCUT2D eigenvalue weighted by Gasteiger charge is -2.26. The third kappa shape index (κ3) is 3.77. The molecule has 0 bridgehead atoms. The van der Waals surface area contributed by atoms with Crippen molar-refractivity contribution < 1.29 is 4.79 Å². The standard InChI is InChI=1S/C14H22N2O/c1-5-8-14(3,4)16-13(17)11-7-6-10(2)9-12(11)15/h6-7,9H,5,8,15H2,1-4H3,(H,16,17). The van der Waals surface area contributed by atoms with Crippen molar-refractivity contribution in [2.75, 3.05) is 5.73 Å². The topological polar surface area (TPSA) is 55.1 Å². The molecule has 0 atom stereocenters. The van der Waals surface area contributed by atoms with Gasteiger partial charge in [0, 0.05) is 11.2 Å². The minimum Gasteiger partial charge on any atom is -0.398 e. The molecular formula is C14H22N2O. The number of nitrogens with one attached hydrogen (secondary N) is 1. The Morgan fingerprint density at radius 3 is 2.59 bits per heavy atom. The largest absolute Gasteiger partial charge is 0.398 e. The van der Waals surface area contributed by atoms with Crippen LogP contribution in [0.25, 0.3) is 0 Å². The molecule has 94 valence electrons. The minimum atomic E-state index is -0.191. The van der Waals surface area contributed by atoms with Crippen molar-refractivity contribution in [1.29, 1.82) is 0 Å². The molecule has 0 saturated carbocycles. The maximum atomic E-state index is 12.1. The van der Waals surface area contributed by atoms with Crippen LogP contribution in [0.2, 0.25) is 0 Å². The number of hydrogen-bond acceptors (Lipinski definition) is 2. The molecule has 1 aromatic rings. The Balaban J connectivity index is 2.83. The first-order valence-corrected chi connectivity index (χ1v) is 6.04. The van der Waals surface area contributed by atoms with Gasteiger partial charge in [0.05, 0.1) is 5.56 Å². The number of anilines is 1. The average molecular weight is 234 g/mol. The molecule has 3 heteroatoms. The van der Waals surface area contributed by atoms with Gasteiger partial charge in [0.15, 0.2) is 0 Å². The minimum absolute atomic E-state index is 0.0963. The number of benzene rings is 1. The highest BCUT2D eigenvalue weighted by Gasteiger charge is 2.21. The number of carbonyl (C=O) groups excluding carboxylic acids is 1. The fraction of sp³-hybridized carbons (Fsp3) is 0.500. The molecule has 1 rings (SSSR count). The number of nitrogens with two attached hydrogens (primary N) is 1. The quantitative estimate of drug-likeness (QED) is 0.787. The van der Waals surface area contributed by atoms with Crippen LogP contribution in [0.3, 0.4) is 0 Å². The monoisotopic (exact) mass is 234 g/mol. The molecule has 1 amide bonds. The van der Waals surface area contributed by atoms with Crippen LogP contribution in [0.5, 0.6) is 0 Å². The summed E-state index contributed by atoms with van der Waals surface area (Å²) < 4.78 is 0. The Morgan fingerprint density at radius 1 is 1.41 bits per heavy atom. The van der Waals surface area contributed by atoms with Gasteiger partial charge in [0.2, 0.25) is 0 Å². The lowest BCUT2D eigenvalue weighted by Crippen LogP contribution is -2.43. The maximum absolute atomic E-state index is 12.1. The van der Waals surface area contributed by atoms with E-state index in [1.807, 2.05) is 32.9 Å². The van der Waals surface area contributed by atoms with Gasteiger partial charge in [-0.3, -0.25) is 4.79 Å². The fourth-order valence-corrected chi connectivity index (χ4v) is 1.95. The van der Waals surface area contributed by atoms with Crippen LogP contribution in [0.15, 0.2) is 18.2 Å². The summed E-state index contributed by atoms with van der Waals surface area (Å²) in [5, 5.41) is 3.01. The zero-order valence-electron chi connectivity index (χ0n) is 11.1. The van der Waals surface area contributed by atoms with Crippen molar-refractivity contribution in [3.05, 3.63) is 29.3 Å². The summed E-state index contributed by atoms with van der Waals surface area (Å²) in [5.74, 6) is -0.0963. The van der Waals surface area contributed by atoms with Crippen LogP contribution in [0, 0.1) is 6.92 Å². The molecule has 0 radical (unpaired) electrons. The maximum Gasteiger partial charge on any atom is 0.253 e. The van der Waals surface area contributed by atoms with Gasteiger partial charge in [-0.1, -0.05) is 19.4 Å². The molecule has 0 unspecified atom stereocenters. The lowest BCUT2D eigenvalue weighted by molar-refractivity contribution is 0.0910. The highest BCUT2D eigenvalue weighted by Crippen LogP contribution is 2.17. The summed E-state index contributed by atoms with van der Waals surface area (Å²) >= 11 is 0. The number of nitrogen functional groups attached to an aromatic ring is 1. The SMILES string of the molecule is CCCC(C)(C)NC(=O)c1ccc(C)cc1N. The van der Waals surface area contributed by atoms with E-state index in [2.05, 4.69) is 12.2 Å². The first kappa shape index (κ1) is 13.6. The van der Waals surface area contributed by atoms with E-state index in [4.69, 9.17) is 5.73 Å². The molecule has 0 spiro atoms. The molecular weight excluding hydrogens is 212 g/mol. The first-order chi connectivity index (χ1) is 7.85. The molecule has 1 aromatic carbocycles. The smallest absolute Gasteiger partial charge is 0.253 e. The van der Waals surface area contributed by atoms with E-state index in [-0.39, 0.29) is 11.4 Å². The van der Waals surface area contributed by atoms with E-state index in [0.29, 0.717) is 11.3 Å². The van der Waals surface area contributed by atoms with Crippen LogP contribution in [0.1, 0.15) is 49.5 Å². The third-order valence-electron chi connectivity index (χ3n) is 2.78. The third-order valence-corrected chi connectivity index (χ3v) is 2.78. The average Bonchev–Trinajstić information content (AvgIpc) is 2.15. The first-order valence-electron chi connectivity index (χ1n) is 6.04. The van der Waals surface area contributed by atoms with Crippen LogP contribution in [0.4, 0.5) is 5.69 Å². The summed E-state index contributed by atoms with van der Waals surface area (Å²) in [6, 6.07) is 5.50. The van der Waals surface area contributed by atoms with E-state index >= 15 is 0 Å². The van der Waals surface area contributed by atoms with Crippen LogP contribution in [-0.4, -0.2) is 11.4 Å². The number of amides is 1. The van der Waals surface area contributed by atoms with E-state index in [1.54, 1.807) is 6.07 Å². The molecule has 0 saturated heterocycles. The summed E-state index contributed by atoms with van der Waals surface area (Å²) in [6.45, 7) is 8.12. The van der Waals surface area contributed by atoms with Gasteiger partial charge in [-0.25, -0.2) is 0 Å². The number of aryl methyl sites for hydroxylation is 1. The summed E-state index contributed by atoms with van der Waals surface area (Å²) in [7, 11) is 0. The molecule has 3 N–H and O–H groups in total. The van der Waals surface area contributed by atoms with Gasteiger partial charge in [0.25, 0.3) is 5.91 Å². The van der Waals surface area contributed by atoms with E-state index in [1.165, 1.54) is 0 Å². The fourth-order valence-electron chi connectivity index (χ4n) is 1.95. The van der Waals surface area contributed by atoms with Gasteiger partial charge < -0.3 is 11.1 Å². The van der Waals surface area contributed by atoms with Gasteiger partial charge >= 0.3 is 0 Å². The zero-order valence-corrected chi connectivity index (χ0v) is 11.1. The zero-order chi connectivity index (χ0) is 13.1. The van der Waals surface area contributed by atoms with E-state index < -0.39 is 0 Å². The van der Waals surface area contributed by atoms with Crippen molar-refractivity contribution in [2.24, 2.45) is 0 Å². The molecule has 17 heavy (non-hydrogen) atoms. The number of hydrogen-bond donors (Lipinski definition) is 2. The second kappa shape index (κ2) is 5.21. The van der Waals surface area contributed by atoms with E-state index in [9.17, 15) is 4.79 Å². The highest BCUT2D eigenvalue weighted by atomic mass is 16.1. The van der Waals surface area contributed by atoms with Crippen LogP contribution in [-0.2, 0) is 0 Å². The normalized spacial score (nSPS) is 11.3. The van der Waals surface area contributed by atoms with Crippen LogP contribution >= 0.6 is 0 Å². The molecule has 0 aliphatic heterocycles. The molecule has 0 aliphatic carbocycles. The molecule has 3 nitrogen and oxygen atoms in total. The molecule has 0 fully saturated rings. The van der Waals surface area contributed by atoms with Crippen molar-refractivity contribution in [3.63, 3.8) is 0 Å². The van der Waals surface area contributed by atoms with Crippen molar-refractivity contribution in [2.45, 2.75) is 46.1 Å². The van der Waals surface area contributed by atoms with Gasteiger partial charge in [-0.05, 0) is 44.9 Å². The molecule has 0 aromatic heterocycles. The summed E-state index contributed by atoms with van der Waals surface area (Å²) in [5.41, 5.74) is 7.82. The van der Waals surface area contributed by atoms with Gasteiger partial charge in [0.1, 0.15) is 0 Å². The number of rotatable bonds is 4. The van der Waals surface area contributed by atoms with Crippen molar-refractivity contribution in [3.8, 4) is 0 Å². The van der Waals surface area contributed by atoms with Crippen molar-refractivity contribution >= 4 is 11.6 Å². The predicted molar refractivity (Wildman–Crippen MR) is 72.0 cm³/mol. The predicted octanol–water partition coefficient (Wildman–Crippen LogP) is 2.89. The second-order valence-electron chi connectivity index (χ2n) is 5.18. The Labute approximate surface area is 103 Å². The Morgan fingerprint density at radius 2 is 2.06 bits per heavy atom. The lowest BCUT2D eigenvalue weighted by atomic mass is 9.98. The Hall–Kier alpha value is -1.51. The van der Waals surface area contributed by atoms with E-state index in [0.717, 1.165) is 18.4 Å². The highest BCUT2D eigenvalue weighted by molar-refractivity contribution is 5.99. The molecule has 0 aliphatic rings. The second-order valence-corrected chi connectivity index (χ2v) is 5.18. The van der Waals surface area contributed by atoms with Gasteiger partial charge in [-0.15, -0.1) is 0 Å². The van der Waals surface area contributed by atoms with Crippen LogP contribution < -0.4 is 11.1 Å². The van der Waals surface area contributed by atoms with Crippen molar-refractivity contribution in [1.82, 2.24) is 5.32 Å².